The lowest BCUT2D eigenvalue weighted by atomic mass is 10.0. The maximum absolute atomic E-state index is 12.8. The largest absolute Gasteiger partial charge is 0.357 e. The predicted octanol–water partition coefficient (Wildman–Crippen LogP) is 4.88. The molecule has 2 N–H and O–H groups in total. The average Bonchev–Trinajstić information content (AvgIpc) is 2.99. The molecule has 4 rings (SSSR count). The number of nitrogens with zero attached hydrogens (tertiary/aromatic N) is 1. The molecule has 1 aromatic heterocycles. The maximum atomic E-state index is 12.8. The third-order valence-electron chi connectivity index (χ3n) is 4.99. The second kappa shape index (κ2) is 6.28. The third kappa shape index (κ3) is 2.88. The molecule has 1 aliphatic rings. The van der Waals surface area contributed by atoms with Gasteiger partial charge in [-0.1, -0.05) is 50.2 Å². The molecule has 25 heavy (non-hydrogen) atoms. The number of nitrogens with one attached hydrogen (secondary N) is 2. The summed E-state index contributed by atoms with van der Waals surface area (Å²) in [5.74, 6) is 0.373. The van der Waals surface area contributed by atoms with E-state index in [1.807, 2.05) is 29.2 Å². The smallest absolute Gasteiger partial charge is 0.322 e. The van der Waals surface area contributed by atoms with Gasteiger partial charge in [-0.25, -0.2) is 4.79 Å². The third-order valence-corrected chi connectivity index (χ3v) is 4.99. The van der Waals surface area contributed by atoms with Crippen molar-refractivity contribution in [3.63, 3.8) is 0 Å². The molecule has 1 aliphatic heterocycles. The van der Waals surface area contributed by atoms with Crippen LogP contribution in [0.25, 0.3) is 10.9 Å². The van der Waals surface area contributed by atoms with E-state index in [2.05, 4.69) is 48.4 Å². The van der Waals surface area contributed by atoms with Gasteiger partial charge in [0.05, 0.1) is 6.54 Å². The second-order valence-electron chi connectivity index (χ2n) is 6.97. The van der Waals surface area contributed by atoms with Crippen molar-refractivity contribution >= 4 is 22.6 Å². The van der Waals surface area contributed by atoms with Crippen LogP contribution in [0, 0.1) is 0 Å². The molecule has 0 fully saturated rings. The molecule has 0 atom stereocenters. The van der Waals surface area contributed by atoms with Gasteiger partial charge in [-0.15, -0.1) is 0 Å². The lowest BCUT2D eigenvalue weighted by Crippen LogP contribution is -2.39. The molecule has 4 nitrogen and oxygen atoms in total. The number of aromatic nitrogens is 1. The Morgan fingerprint density at radius 3 is 2.72 bits per heavy atom. The molecular weight excluding hydrogens is 310 g/mol. The van der Waals surface area contributed by atoms with E-state index in [4.69, 9.17) is 0 Å². The van der Waals surface area contributed by atoms with Gasteiger partial charge >= 0.3 is 6.03 Å². The van der Waals surface area contributed by atoms with Crippen LogP contribution in [0.2, 0.25) is 0 Å². The van der Waals surface area contributed by atoms with Gasteiger partial charge in [-0.3, -0.25) is 0 Å². The number of para-hydroxylation sites is 2. The second-order valence-corrected chi connectivity index (χ2v) is 6.97. The van der Waals surface area contributed by atoms with Crippen molar-refractivity contribution in [2.45, 2.75) is 32.7 Å². The van der Waals surface area contributed by atoms with Gasteiger partial charge in [0.1, 0.15) is 0 Å². The van der Waals surface area contributed by atoms with E-state index in [1.54, 1.807) is 0 Å². The number of urea groups is 1. The highest BCUT2D eigenvalue weighted by atomic mass is 16.2. The standard InChI is InChI=1S/C21H23N3O/c1-14(2)15-7-3-5-9-18(15)23-21(25)24-12-11-17-16-8-4-6-10-19(16)22-20(17)13-24/h3-10,14,22H,11-13H2,1-2H3,(H,23,25). The van der Waals surface area contributed by atoms with E-state index in [0.29, 0.717) is 12.5 Å². The molecule has 3 aromatic rings. The van der Waals surface area contributed by atoms with Gasteiger partial charge in [0.25, 0.3) is 0 Å². The molecule has 0 aliphatic carbocycles. The highest BCUT2D eigenvalue weighted by molar-refractivity contribution is 5.91. The number of aromatic amines is 1. The number of carbonyl (C=O) groups is 1. The molecule has 2 heterocycles. The summed E-state index contributed by atoms with van der Waals surface area (Å²) < 4.78 is 0. The fourth-order valence-electron chi connectivity index (χ4n) is 3.67. The topological polar surface area (TPSA) is 48.1 Å². The average molecular weight is 333 g/mol. The van der Waals surface area contributed by atoms with Crippen LogP contribution in [0.1, 0.15) is 36.6 Å². The minimum Gasteiger partial charge on any atom is -0.357 e. The summed E-state index contributed by atoms with van der Waals surface area (Å²) in [6.45, 7) is 5.65. The van der Waals surface area contributed by atoms with E-state index in [0.717, 1.165) is 29.9 Å². The van der Waals surface area contributed by atoms with Crippen molar-refractivity contribution in [3.05, 3.63) is 65.4 Å². The van der Waals surface area contributed by atoms with Crippen molar-refractivity contribution < 1.29 is 4.79 Å². The first-order valence-corrected chi connectivity index (χ1v) is 8.87. The number of H-pyrrole nitrogens is 1. The van der Waals surface area contributed by atoms with Crippen molar-refractivity contribution in [2.24, 2.45) is 0 Å². The quantitative estimate of drug-likeness (QED) is 0.690. The van der Waals surface area contributed by atoms with Crippen LogP contribution in [-0.2, 0) is 13.0 Å². The number of benzene rings is 2. The predicted molar refractivity (Wildman–Crippen MR) is 102 cm³/mol. The maximum Gasteiger partial charge on any atom is 0.322 e. The Bertz CT molecular complexity index is 926. The summed E-state index contributed by atoms with van der Waals surface area (Å²) in [7, 11) is 0. The lowest BCUT2D eigenvalue weighted by Gasteiger charge is -2.28. The molecule has 0 saturated heterocycles. The highest BCUT2D eigenvalue weighted by Crippen LogP contribution is 2.28. The van der Waals surface area contributed by atoms with E-state index in [1.165, 1.54) is 16.5 Å². The number of carbonyl (C=O) groups excluding carboxylic acids is 1. The first kappa shape index (κ1) is 15.8. The summed E-state index contributed by atoms with van der Waals surface area (Å²) >= 11 is 0. The first-order valence-electron chi connectivity index (χ1n) is 8.87. The number of amides is 2. The minimum atomic E-state index is -0.0302. The molecule has 0 bridgehead atoms. The molecule has 0 unspecified atom stereocenters. The zero-order valence-electron chi connectivity index (χ0n) is 14.7. The Labute approximate surface area is 147 Å². The molecule has 2 amide bonds. The Hall–Kier alpha value is -2.75. The minimum absolute atomic E-state index is 0.0302. The van der Waals surface area contributed by atoms with Crippen LogP contribution >= 0.6 is 0 Å². The molecule has 0 spiro atoms. The summed E-state index contributed by atoms with van der Waals surface area (Å²) in [5.41, 5.74) is 5.73. The fraction of sp³-hybridized carbons (Fsp3) is 0.286. The van der Waals surface area contributed by atoms with Gasteiger partial charge < -0.3 is 15.2 Å². The number of fused-ring (bicyclic) bond motifs is 3. The van der Waals surface area contributed by atoms with E-state index in [-0.39, 0.29) is 6.03 Å². The Balaban J connectivity index is 1.55. The van der Waals surface area contributed by atoms with Gasteiger partial charge in [0, 0.05) is 28.8 Å². The van der Waals surface area contributed by atoms with Crippen LogP contribution < -0.4 is 5.32 Å². The Morgan fingerprint density at radius 1 is 1.12 bits per heavy atom. The van der Waals surface area contributed by atoms with Crippen molar-refractivity contribution in [2.75, 3.05) is 11.9 Å². The fourth-order valence-corrected chi connectivity index (χ4v) is 3.67. The van der Waals surface area contributed by atoms with E-state index < -0.39 is 0 Å². The Morgan fingerprint density at radius 2 is 1.88 bits per heavy atom. The molecule has 0 saturated carbocycles. The SMILES string of the molecule is CC(C)c1ccccc1NC(=O)N1CCc2c([nH]c3ccccc23)C1. The van der Waals surface area contributed by atoms with Gasteiger partial charge in [0.2, 0.25) is 0 Å². The summed E-state index contributed by atoms with van der Waals surface area (Å²) in [6.07, 6.45) is 0.887. The van der Waals surface area contributed by atoms with Gasteiger partial charge in [0.15, 0.2) is 0 Å². The first-order chi connectivity index (χ1) is 12.1. The number of anilines is 1. The summed E-state index contributed by atoms with van der Waals surface area (Å²) in [4.78, 5) is 18.1. The number of rotatable bonds is 2. The monoisotopic (exact) mass is 333 g/mol. The van der Waals surface area contributed by atoms with Crippen LogP contribution in [-0.4, -0.2) is 22.5 Å². The van der Waals surface area contributed by atoms with Crippen LogP contribution in [0.4, 0.5) is 10.5 Å². The molecule has 2 aromatic carbocycles. The highest BCUT2D eigenvalue weighted by Gasteiger charge is 2.24. The van der Waals surface area contributed by atoms with E-state index >= 15 is 0 Å². The van der Waals surface area contributed by atoms with Crippen LogP contribution in [0.15, 0.2) is 48.5 Å². The van der Waals surface area contributed by atoms with Gasteiger partial charge in [-0.05, 0) is 35.6 Å². The normalized spacial score (nSPS) is 14.0. The van der Waals surface area contributed by atoms with Gasteiger partial charge in [-0.2, -0.15) is 0 Å². The van der Waals surface area contributed by atoms with Crippen molar-refractivity contribution in [3.8, 4) is 0 Å². The number of hydrogen-bond acceptors (Lipinski definition) is 1. The van der Waals surface area contributed by atoms with Crippen molar-refractivity contribution in [1.29, 1.82) is 0 Å². The zero-order valence-corrected chi connectivity index (χ0v) is 14.7. The van der Waals surface area contributed by atoms with Crippen LogP contribution in [0.5, 0.6) is 0 Å². The molecular formula is C21H23N3O. The molecule has 0 radical (unpaired) electrons. The number of hydrogen-bond donors (Lipinski definition) is 2. The van der Waals surface area contributed by atoms with Crippen LogP contribution in [0.3, 0.4) is 0 Å². The summed E-state index contributed by atoms with van der Waals surface area (Å²) in [6, 6.07) is 16.4. The summed E-state index contributed by atoms with van der Waals surface area (Å²) in [5, 5.41) is 4.38. The van der Waals surface area contributed by atoms with Crippen molar-refractivity contribution in [1.82, 2.24) is 9.88 Å². The Kier molecular flexibility index (Phi) is 3.96. The zero-order chi connectivity index (χ0) is 17.4. The van der Waals surface area contributed by atoms with E-state index in [9.17, 15) is 4.79 Å². The molecule has 128 valence electrons. The molecule has 4 heteroatoms. The lowest BCUT2D eigenvalue weighted by molar-refractivity contribution is 0.206.